The van der Waals surface area contributed by atoms with Crippen molar-refractivity contribution < 1.29 is 13.9 Å². The van der Waals surface area contributed by atoms with Crippen molar-refractivity contribution in [2.24, 2.45) is 17.8 Å². The van der Waals surface area contributed by atoms with Crippen LogP contribution in [0.1, 0.15) is 73.9 Å². The van der Waals surface area contributed by atoms with Crippen LogP contribution in [0.2, 0.25) is 0 Å². The van der Waals surface area contributed by atoms with Crippen LogP contribution in [0.4, 0.5) is 4.39 Å². The van der Waals surface area contributed by atoms with Crippen molar-refractivity contribution in [2.75, 3.05) is 0 Å². The highest BCUT2D eigenvalue weighted by Crippen LogP contribution is 2.36. The first-order valence-electron chi connectivity index (χ1n) is 11.0. The summed E-state index contributed by atoms with van der Waals surface area (Å²) < 4.78 is 18.9. The van der Waals surface area contributed by atoms with Gasteiger partial charge in [0, 0.05) is 6.07 Å². The van der Waals surface area contributed by atoms with E-state index in [0.29, 0.717) is 11.5 Å². The lowest BCUT2D eigenvalue weighted by Crippen LogP contribution is -2.21. The number of halogens is 1. The standard InChI is InChI=1S/C26H30FNO2/c1-3-4-19-5-9-21(10-6-19)18(2)15-20-7-11-22(12-8-20)26(29)30-24-14-13-23(17-28)25(27)16-24/h7-8,11-14,16,18-19,21H,3-6,9-10,15H2,1-2H3. The monoisotopic (exact) mass is 407 g/mol. The molecular formula is C26H30FNO2. The molecule has 1 fully saturated rings. The molecule has 0 bridgehead atoms. The summed E-state index contributed by atoms with van der Waals surface area (Å²) in [6.45, 7) is 4.61. The lowest BCUT2D eigenvalue weighted by atomic mass is 9.74. The molecule has 3 rings (SSSR count). The van der Waals surface area contributed by atoms with Crippen LogP contribution in [0.3, 0.4) is 0 Å². The van der Waals surface area contributed by atoms with Gasteiger partial charge in [0.1, 0.15) is 17.6 Å². The fourth-order valence-electron chi connectivity index (χ4n) is 4.59. The third-order valence-corrected chi connectivity index (χ3v) is 6.41. The topological polar surface area (TPSA) is 50.1 Å². The Hall–Kier alpha value is -2.67. The number of rotatable bonds is 7. The van der Waals surface area contributed by atoms with E-state index in [1.54, 1.807) is 18.2 Å². The minimum Gasteiger partial charge on any atom is -0.423 e. The van der Waals surface area contributed by atoms with E-state index in [9.17, 15) is 9.18 Å². The Bertz CT molecular complexity index is 892. The molecule has 1 aliphatic carbocycles. The number of nitrogens with zero attached hydrogens (tertiary/aromatic N) is 1. The van der Waals surface area contributed by atoms with Gasteiger partial charge in [0.15, 0.2) is 0 Å². The fraction of sp³-hybridized carbons (Fsp3) is 0.462. The normalized spacial score (nSPS) is 19.7. The van der Waals surface area contributed by atoms with Crippen LogP contribution in [-0.2, 0) is 6.42 Å². The largest absolute Gasteiger partial charge is 0.423 e. The maximum Gasteiger partial charge on any atom is 0.343 e. The molecule has 4 heteroatoms. The maximum absolute atomic E-state index is 13.7. The molecule has 0 heterocycles. The minimum absolute atomic E-state index is 0.0767. The van der Waals surface area contributed by atoms with Crippen molar-refractivity contribution in [1.29, 1.82) is 5.26 Å². The summed E-state index contributed by atoms with van der Waals surface area (Å²) in [6.07, 6.45) is 9.06. The van der Waals surface area contributed by atoms with Crippen LogP contribution in [0.15, 0.2) is 42.5 Å². The summed E-state index contributed by atoms with van der Waals surface area (Å²) in [5.41, 5.74) is 1.57. The van der Waals surface area contributed by atoms with Gasteiger partial charge >= 0.3 is 5.97 Å². The number of nitriles is 1. The molecule has 2 aromatic rings. The van der Waals surface area contributed by atoms with Gasteiger partial charge in [0.25, 0.3) is 0 Å². The molecule has 30 heavy (non-hydrogen) atoms. The molecule has 1 atom stereocenters. The summed E-state index contributed by atoms with van der Waals surface area (Å²) in [5, 5.41) is 8.78. The zero-order chi connectivity index (χ0) is 21.5. The van der Waals surface area contributed by atoms with Crippen molar-refractivity contribution in [1.82, 2.24) is 0 Å². The number of esters is 1. The van der Waals surface area contributed by atoms with E-state index < -0.39 is 11.8 Å². The van der Waals surface area contributed by atoms with Crippen molar-refractivity contribution in [3.8, 4) is 11.8 Å². The quantitative estimate of drug-likeness (QED) is 0.379. The summed E-state index contributed by atoms with van der Waals surface area (Å²) in [5.74, 6) is 1.20. The van der Waals surface area contributed by atoms with Gasteiger partial charge in [-0.25, -0.2) is 9.18 Å². The second kappa shape index (κ2) is 10.4. The first kappa shape index (κ1) is 22.0. The molecule has 0 radical (unpaired) electrons. The van der Waals surface area contributed by atoms with Gasteiger partial charge in [-0.1, -0.05) is 51.7 Å². The SMILES string of the molecule is CCCC1CCC(C(C)Cc2ccc(C(=O)Oc3ccc(C#N)c(F)c3)cc2)CC1. The van der Waals surface area contributed by atoms with E-state index >= 15 is 0 Å². The number of benzene rings is 2. The van der Waals surface area contributed by atoms with Crippen molar-refractivity contribution >= 4 is 5.97 Å². The summed E-state index contributed by atoms with van der Waals surface area (Å²) in [4.78, 5) is 12.3. The van der Waals surface area contributed by atoms with Crippen LogP contribution in [-0.4, -0.2) is 5.97 Å². The second-order valence-corrected chi connectivity index (χ2v) is 8.59. The van der Waals surface area contributed by atoms with Gasteiger partial charge < -0.3 is 4.74 Å². The molecule has 0 spiro atoms. The summed E-state index contributed by atoms with van der Waals surface area (Å²) in [6, 6.07) is 13.0. The van der Waals surface area contributed by atoms with Gasteiger partial charge in [-0.3, -0.25) is 0 Å². The van der Waals surface area contributed by atoms with E-state index in [-0.39, 0.29) is 11.3 Å². The maximum atomic E-state index is 13.7. The van der Waals surface area contributed by atoms with E-state index in [2.05, 4.69) is 13.8 Å². The van der Waals surface area contributed by atoms with Crippen LogP contribution >= 0.6 is 0 Å². The Morgan fingerprint density at radius 3 is 2.47 bits per heavy atom. The highest BCUT2D eigenvalue weighted by Gasteiger charge is 2.25. The molecule has 0 N–H and O–H groups in total. The van der Waals surface area contributed by atoms with E-state index in [1.807, 2.05) is 12.1 Å². The van der Waals surface area contributed by atoms with Crippen LogP contribution in [0.5, 0.6) is 5.75 Å². The zero-order valence-electron chi connectivity index (χ0n) is 17.9. The van der Waals surface area contributed by atoms with Gasteiger partial charge in [-0.15, -0.1) is 0 Å². The first-order valence-corrected chi connectivity index (χ1v) is 11.0. The third-order valence-electron chi connectivity index (χ3n) is 6.41. The molecule has 2 aromatic carbocycles. The van der Waals surface area contributed by atoms with E-state index in [1.165, 1.54) is 56.2 Å². The van der Waals surface area contributed by atoms with Gasteiger partial charge in [-0.05, 0) is 66.8 Å². The van der Waals surface area contributed by atoms with Gasteiger partial charge in [0.2, 0.25) is 0 Å². The Balaban J connectivity index is 1.54. The van der Waals surface area contributed by atoms with Crippen molar-refractivity contribution in [3.63, 3.8) is 0 Å². The van der Waals surface area contributed by atoms with Crippen molar-refractivity contribution in [3.05, 3.63) is 65.0 Å². The Morgan fingerprint density at radius 1 is 1.17 bits per heavy atom. The van der Waals surface area contributed by atoms with Crippen LogP contribution in [0, 0.1) is 34.9 Å². The lowest BCUT2D eigenvalue weighted by molar-refractivity contribution is 0.0734. The molecule has 158 valence electrons. The molecule has 1 unspecified atom stereocenters. The molecule has 1 aliphatic rings. The average molecular weight is 408 g/mol. The van der Waals surface area contributed by atoms with Crippen molar-refractivity contribution in [2.45, 2.75) is 58.8 Å². The number of hydrogen-bond donors (Lipinski definition) is 0. The number of carbonyl (C=O) groups excluding carboxylic acids is 1. The fourth-order valence-corrected chi connectivity index (χ4v) is 4.59. The summed E-state index contributed by atoms with van der Waals surface area (Å²) in [7, 11) is 0. The van der Waals surface area contributed by atoms with E-state index in [4.69, 9.17) is 10.00 Å². The van der Waals surface area contributed by atoms with Gasteiger partial charge in [-0.2, -0.15) is 5.26 Å². The zero-order valence-corrected chi connectivity index (χ0v) is 17.9. The van der Waals surface area contributed by atoms with Crippen LogP contribution in [0.25, 0.3) is 0 Å². The Labute approximate surface area is 178 Å². The molecular weight excluding hydrogens is 377 g/mol. The lowest BCUT2D eigenvalue weighted by Gasteiger charge is -2.32. The first-order chi connectivity index (χ1) is 14.5. The third kappa shape index (κ3) is 5.69. The number of ether oxygens (including phenoxy) is 1. The molecule has 0 amide bonds. The van der Waals surface area contributed by atoms with Crippen LogP contribution < -0.4 is 4.74 Å². The van der Waals surface area contributed by atoms with Gasteiger partial charge in [0.05, 0.1) is 11.1 Å². The molecule has 0 aromatic heterocycles. The highest BCUT2D eigenvalue weighted by atomic mass is 19.1. The Kier molecular flexibility index (Phi) is 7.63. The molecule has 0 aliphatic heterocycles. The minimum atomic E-state index is -0.698. The predicted octanol–water partition coefficient (Wildman–Crippen LogP) is 6.70. The smallest absolute Gasteiger partial charge is 0.343 e. The molecule has 0 saturated heterocycles. The second-order valence-electron chi connectivity index (χ2n) is 8.59. The molecule has 3 nitrogen and oxygen atoms in total. The predicted molar refractivity (Wildman–Crippen MR) is 116 cm³/mol. The highest BCUT2D eigenvalue weighted by molar-refractivity contribution is 5.91. The Morgan fingerprint density at radius 2 is 1.87 bits per heavy atom. The number of hydrogen-bond acceptors (Lipinski definition) is 3. The summed E-state index contributed by atoms with van der Waals surface area (Å²) >= 11 is 0. The average Bonchev–Trinajstić information content (AvgIpc) is 2.75. The molecule has 1 saturated carbocycles. The van der Waals surface area contributed by atoms with E-state index in [0.717, 1.165) is 24.3 Å². The number of carbonyl (C=O) groups is 1.